The van der Waals surface area contributed by atoms with Crippen molar-refractivity contribution in [3.63, 3.8) is 0 Å². The maximum absolute atomic E-state index is 6.01. The monoisotopic (exact) mass is 523 g/mol. The van der Waals surface area contributed by atoms with Crippen LogP contribution in [0.5, 0.6) is 0 Å². The Kier molecular flexibility index (Phi) is 11.4. The van der Waals surface area contributed by atoms with Gasteiger partial charge in [0.2, 0.25) is 0 Å². The van der Waals surface area contributed by atoms with Gasteiger partial charge in [-0.25, -0.2) is 15.0 Å². The van der Waals surface area contributed by atoms with E-state index in [1.807, 2.05) is 76.3 Å². The third-order valence-electron chi connectivity index (χ3n) is 5.60. The zero-order valence-electron chi connectivity index (χ0n) is 25.3. The molecule has 0 bridgehead atoms. The molecule has 4 rings (SSSR count). The van der Waals surface area contributed by atoms with Crippen molar-refractivity contribution in [2.24, 2.45) is 0 Å². The van der Waals surface area contributed by atoms with Gasteiger partial charge >= 0.3 is 0 Å². The standard InChI is InChI=1S/C25H35N7O.C3H8.C2H6/c1-17-10-11-22-26-14-20(32(22)15-17)24-28-21(13-23(29-24)30(6)7)27-19-9-8-12-31(16-19)18(2)33-25(3,4)5;1-3-2;1-2/h10-11,13-15,19H,2,8-9,12,16H2,1,3-7H3,(H,27,28,29);3H2,1-2H3;1-2H3. The number of likely N-dealkylation sites (tertiary alicyclic amines) is 1. The Bertz CT molecular complexity index is 1160. The van der Waals surface area contributed by atoms with Crippen LogP contribution in [0.15, 0.2) is 43.1 Å². The normalized spacial score (nSPS) is 15.1. The van der Waals surface area contributed by atoms with Gasteiger partial charge in [-0.3, -0.25) is 4.40 Å². The summed E-state index contributed by atoms with van der Waals surface area (Å²) in [4.78, 5) is 18.4. The summed E-state index contributed by atoms with van der Waals surface area (Å²) in [7, 11) is 3.98. The van der Waals surface area contributed by atoms with Gasteiger partial charge in [0.15, 0.2) is 11.7 Å². The predicted molar refractivity (Wildman–Crippen MR) is 161 cm³/mol. The van der Waals surface area contributed by atoms with Gasteiger partial charge in [-0.05, 0) is 58.7 Å². The van der Waals surface area contributed by atoms with Gasteiger partial charge < -0.3 is 19.9 Å². The first kappa shape index (κ1) is 30.9. The Morgan fingerprint density at radius 3 is 2.50 bits per heavy atom. The number of aromatic nitrogens is 4. The number of hydrogen-bond acceptors (Lipinski definition) is 7. The van der Waals surface area contributed by atoms with E-state index >= 15 is 0 Å². The topological polar surface area (TPSA) is 70.8 Å². The molecule has 1 fully saturated rings. The Hall–Kier alpha value is -3.29. The lowest BCUT2D eigenvalue weighted by Crippen LogP contribution is -2.43. The lowest BCUT2D eigenvalue weighted by molar-refractivity contribution is -0.00274. The lowest BCUT2D eigenvalue weighted by Gasteiger charge is -2.37. The van der Waals surface area contributed by atoms with Crippen LogP contribution in [-0.4, -0.2) is 63.1 Å². The van der Waals surface area contributed by atoms with E-state index in [0.29, 0.717) is 5.82 Å². The summed E-state index contributed by atoms with van der Waals surface area (Å²) in [5.41, 5.74) is 2.65. The van der Waals surface area contributed by atoms with Gasteiger partial charge in [0.1, 0.15) is 28.6 Å². The molecule has 1 saturated heterocycles. The molecular formula is C30H49N7O. The van der Waals surface area contributed by atoms with E-state index in [4.69, 9.17) is 14.7 Å². The minimum atomic E-state index is -0.258. The number of rotatable bonds is 6. The maximum atomic E-state index is 6.01. The predicted octanol–water partition coefficient (Wildman–Crippen LogP) is 6.77. The highest BCUT2D eigenvalue weighted by molar-refractivity contribution is 5.62. The highest BCUT2D eigenvalue weighted by atomic mass is 16.5. The summed E-state index contributed by atoms with van der Waals surface area (Å²) in [5, 5.41) is 3.64. The molecule has 3 aromatic heterocycles. The summed E-state index contributed by atoms with van der Waals surface area (Å²) in [6.45, 7) is 22.4. The number of ether oxygens (including phenoxy) is 1. The third kappa shape index (κ3) is 8.64. The lowest BCUT2D eigenvalue weighted by atomic mass is 10.1. The second-order valence-electron chi connectivity index (χ2n) is 10.7. The van der Waals surface area contributed by atoms with Gasteiger partial charge in [-0.1, -0.05) is 40.2 Å². The molecule has 4 heterocycles. The molecule has 8 nitrogen and oxygen atoms in total. The highest BCUT2D eigenvalue weighted by Crippen LogP contribution is 2.26. The largest absolute Gasteiger partial charge is 0.474 e. The van der Waals surface area contributed by atoms with Crippen molar-refractivity contribution in [3.05, 3.63) is 48.6 Å². The van der Waals surface area contributed by atoms with Crippen LogP contribution in [-0.2, 0) is 4.74 Å². The fourth-order valence-electron chi connectivity index (χ4n) is 4.05. The van der Waals surface area contributed by atoms with Gasteiger partial charge in [0.25, 0.3) is 0 Å². The van der Waals surface area contributed by atoms with Crippen molar-refractivity contribution in [3.8, 4) is 11.5 Å². The number of fused-ring (bicyclic) bond motifs is 1. The first-order valence-corrected chi connectivity index (χ1v) is 13.9. The second kappa shape index (κ2) is 14.0. The van der Waals surface area contributed by atoms with Gasteiger partial charge in [0.05, 0.1) is 6.20 Å². The van der Waals surface area contributed by atoms with Crippen LogP contribution in [0.3, 0.4) is 0 Å². The number of pyridine rings is 1. The first-order chi connectivity index (χ1) is 18.0. The van der Waals surface area contributed by atoms with Crippen molar-refractivity contribution >= 4 is 17.3 Å². The van der Waals surface area contributed by atoms with Gasteiger partial charge in [-0.15, -0.1) is 0 Å². The molecule has 0 aliphatic carbocycles. The summed E-state index contributed by atoms with van der Waals surface area (Å²) in [6.07, 6.45) is 7.28. The Morgan fingerprint density at radius 2 is 1.87 bits per heavy atom. The molecule has 210 valence electrons. The molecule has 1 unspecified atom stereocenters. The Balaban J connectivity index is 0.000000947. The first-order valence-electron chi connectivity index (χ1n) is 13.9. The van der Waals surface area contributed by atoms with Crippen LogP contribution in [0, 0.1) is 6.92 Å². The molecule has 0 amide bonds. The summed E-state index contributed by atoms with van der Waals surface area (Å²) >= 11 is 0. The van der Waals surface area contributed by atoms with E-state index in [9.17, 15) is 0 Å². The number of anilines is 2. The molecule has 8 heteroatoms. The highest BCUT2D eigenvalue weighted by Gasteiger charge is 2.25. The zero-order valence-corrected chi connectivity index (χ0v) is 25.3. The van der Waals surface area contributed by atoms with E-state index in [1.165, 1.54) is 6.42 Å². The van der Waals surface area contributed by atoms with Gasteiger partial charge in [0, 0.05) is 45.5 Å². The maximum Gasteiger partial charge on any atom is 0.182 e. The molecule has 0 radical (unpaired) electrons. The van der Waals surface area contributed by atoms with Crippen LogP contribution in [0.25, 0.3) is 17.2 Å². The van der Waals surface area contributed by atoms with Gasteiger partial charge in [-0.2, -0.15) is 0 Å². The summed E-state index contributed by atoms with van der Waals surface area (Å²) < 4.78 is 8.05. The van der Waals surface area contributed by atoms with E-state index in [-0.39, 0.29) is 11.6 Å². The third-order valence-corrected chi connectivity index (χ3v) is 5.60. The molecule has 1 aliphatic rings. The SMILES string of the molecule is C=C(OC(C)(C)C)N1CCCC(Nc2cc(N(C)C)nc(-c3cnc4ccc(C)cn34)n2)C1.CC.CCC. The molecule has 0 saturated carbocycles. The second-order valence-corrected chi connectivity index (χ2v) is 10.7. The summed E-state index contributed by atoms with van der Waals surface area (Å²) in [5.74, 6) is 3.03. The fraction of sp³-hybridized carbons (Fsp3) is 0.567. The van der Waals surface area contributed by atoms with Crippen molar-refractivity contribution in [1.29, 1.82) is 0 Å². The van der Waals surface area contributed by atoms with E-state index < -0.39 is 0 Å². The quantitative estimate of drug-likeness (QED) is 0.357. The number of nitrogens with zero attached hydrogens (tertiary/aromatic N) is 6. The Labute approximate surface area is 230 Å². The smallest absolute Gasteiger partial charge is 0.182 e. The van der Waals surface area contributed by atoms with E-state index in [1.54, 1.807) is 0 Å². The van der Waals surface area contributed by atoms with E-state index in [0.717, 1.165) is 60.4 Å². The molecule has 1 N–H and O–H groups in total. The van der Waals surface area contributed by atoms with Crippen molar-refractivity contribution in [1.82, 2.24) is 24.3 Å². The van der Waals surface area contributed by atoms with Crippen molar-refractivity contribution in [2.75, 3.05) is 37.4 Å². The Morgan fingerprint density at radius 1 is 1.18 bits per heavy atom. The average Bonchev–Trinajstić information content (AvgIpc) is 3.28. The van der Waals surface area contributed by atoms with Crippen LogP contribution in [0.1, 0.15) is 73.3 Å². The van der Waals surface area contributed by atoms with Crippen LogP contribution in [0.4, 0.5) is 11.6 Å². The number of nitrogens with one attached hydrogen (secondary N) is 1. The molecule has 1 aliphatic heterocycles. The minimum Gasteiger partial charge on any atom is -0.474 e. The summed E-state index contributed by atoms with van der Waals surface area (Å²) in [6, 6.07) is 6.30. The molecule has 3 aromatic rings. The molecule has 38 heavy (non-hydrogen) atoms. The fourth-order valence-corrected chi connectivity index (χ4v) is 4.05. The zero-order chi connectivity index (χ0) is 28.5. The van der Waals surface area contributed by atoms with Crippen LogP contribution >= 0.6 is 0 Å². The number of aryl methyl sites for hydroxylation is 1. The number of hydrogen-bond donors (Lipinski definition) is 1. The van der Waals surface area contributed by atoms with Crippen molar-refractivity contribution in [2.45, 2.75) is 86.3 Å². The molecule has 0 spiro atoms. The van der Waals surface area contributed by atoms with Crippen molar-refractivity contribution < 1.29 is 4.74 Å². The molecule has 0 aromatic carbocycles. The van der Waals surface area contributed by atoms with E-state index in [2.05, 4.69) is 54.8 Å². The average molecular weight is 524 g/mol. The molecule has 1 atom stereocenters. The number of piperidine rings is 1. The minimum absolute atomic E-state index is 0.237. The molecular weight excluding hydrogens is 474 g/mol. The van der Waals surface area contributed by atoms with Crippen LogP contribution in [0.2, 0.25) is 0 Å². The number of imidazole rings is 1. The van der Waals surface area contributed by atoms with Crippen LogP contribution < -0.4 is 10.2 Å².